The van der Waals surface area contributed by atoms with Crippen LogP contribution in [-0.4, -0.2) is 50.3 Å². The molecule has 10 nitrogen and oxygen atoms in total. The normalized spacial score (nSPS) is 11.0. The maximum absolute atomic E-state index is 12.9. The highest BCUT2D eigenvalue weighted by Gasteiger charge is 2.27. The Labute approximate surface area is 168 Å². The van der Waals surface area contributed by atoms with Gasteiger partial charge in [0.2, 0.25) is 11.8 Å². The molecule has 2 aromatic rings. The Hall–Kier alpha value is -4.34. The third-order valence-electron chi connectivity index (χ3n) is 4.33. The van der Waals surface area contributed by atoms with Gasteiger partial charge < -0.3 is 24.4 Å². The molecule has 1 aliphatic heterocycles. The standard InChI is InChI=1S/C20H15N3O7/c1-22(10-17(27)30-23-15(25)8-9-16(23)26)20(28)18-13(24)7-6-12-19(18)29-14-5-3-2-4-11(14)21-12/h2-9,25-26H,10H2,1H3. The Morgan fingerprint density at radius 2 is 1.80 bits per heavy atom. The van der Waals surface area contributed by atoms with Crippen molar-refractivity contribution in [1.82, 2.24) is 14.6 Å². The summed E-state index contributed by atoms with van der Waals surface area (Å²) in [5, 5.41) is 19.1. The van der Waals surface area contributed by atoms with Crippen LogP contribution in [-0.2, 0) is 4.79 Å². The molecular weight excluding hydrogens is 394 g/mol. The van der Waals surface area contributed by atoms with Gasteiger partial charge in [-0.15, -0.1) is 4.73 Å². The minimum atomic E-state index is -0.958. The molecule has 1 aliphatic carbocycles. The fourth-order valence-electron chi connectivity index (χ4n) is 2.91. The van der Waals surface area contributed by atoms with Crippen molar-refractivity contribution < 1.29 is 29.1 Å². The molecule has 0 radical (unpaired) electrons. The van der Waals surface area contributed by atoms with E-state index < -0.39 is 35.6 Å². The van der Waals surface area contributed by atoms with Crippen LogP contribution in [0.25, 0.3) is 22.6 Å². The summed E-state index contributed by atoms with van der Waals surface area (Å²) in [5.41, 5.74) is 0.410. The van der Waals surface area contributed by atoms with Crippen molar-refractivity contribution in [1.29, 1.82) is 0 Å². The highest BCUT2D eigenvalue weighted by molar-refractivity contribution is 6.01. The van der Waals surface area contributed by atoms with Crippen molar-refractivity contribution in [3.63, 3.8) is 0 Å². The van der Waals surface area contributed by atoms with Gasteiger partial charge in [-0.2, -0.15) is 0 Å². The van der Waals surface area contributed by atoms with Gasteiger partial charge in [-0.1, -0.05) is 12.1 Å². The molecule has 0 spiro atoms. The average Bonchev–Trinajstić information content (AvgIpc) is 3.03. The number of carbonyl (C=O) groups excluding carboxylic acids is 2. The first kappa shape index (κ1) is 19.0. The summed E-state index contributed by atoms with van der Waals surface area (Å²) in [6.45, 7) is -0.563. The molecule has 0 atom stereocenters. The molecule has 0 bridgehead atoms. The number of aromatic hydroxyl groups is 2. The number of carbonyl (C=O) groups is 2. The van der Waals surface area contributed by atoms with Crippen LogP contribution in [0.1, 0.15) is 10.4 Å². The summed E-state index contributed by atoms with van der Waals surface area (Å²) in [6.07, 6.45) is 0. The van der Waals surface area contributed by atoms with Crippen molar-refractivity contribution in [2.45, 2.75) is 0 Å². The number of amides is 1. The summed E-state index contributed by atoms with van der Waals surface area (Å²) < 4.78 is 6.26. The molecule has 2 N–H and O–H groups in total. The lowest BCUT2D eigenvalue weighted by Crippen LogP contribution is -2.38. The number of nitrogens with zero attached hydrogens (tertiary/aromatic N) is 3. The molecular formula is C20H15N3O7. The van der Waals surface area contributed by atoms with E-state index in [4.69, 9.17) is 9.25 Å². The molecule has 2 aliphatic rings. The fraction of sp³-hybridized carbons (Fsp3) is 0.100. The molecule has 0 saturated carbocycles. The largest absolute Gasteiger partial charge is 0.492 e. The van der Waals surface area contributed by atoms with Crippen molar-refractivity contribution in [3.8, 4) is 23.2 Å². The highest BCUT2D eigenvalue weighted by Crippen LogP contribution is 2.27. The molecule has 1 amide bonds. The summed E-state index contributed by atoms with van der Waals surface area (Å²) in [4.78, 5) is 47.6. The number of para-hydroxylation sites is 2. The molecule has 2 heterocycles. The van der Waals surface area contributed by atoms with Gasteiger partial charge in [-0.05, 0) is 24.3 Å². The molecule has 0 unspecified atom stereocenters. The van der Waals surface area contributed by atoms with Crippen LogP contribution in [0.5, 0.6) is 11.8 Å². The van der Waals surface area contributed by atoms with Crippen LogP contribution < -0.4 is 10.3 Å². The Morgan fingerprint density at radius 3 is 2.53 bits per heavy atom. The van der Waals surface area contributed by atoms with Crippen molar-refractivity contribution >= 4 is 23.0 Å². The number of hydrogen-bond donors (Lipinski definition) is 2. The third kappa shape index (κ3) is 3.30. The van der Waals surface area contributed by atoms with E-state index in [1.165, 1.54) is 19.2 Å². The number of benzene rings is 2. The predicted molar refractivity (Wildman–Crippen MR) is 103 cm³/mol. The van der Waals surface area contributed by atoms with Crippen LogP contribution in [0, 0.1) is 0 Å². The average molecular weight is 409 g/mol. The van der Waals surface area contributed by atoms with Crippen LogP contribution in [0.4, 0.5) is 0 Å². The van der Waals surface area contributed by atoms with Crippen LogP contribution in [0.15, 0.2) is 57.7 Å². The van der Waals surface area contributed by atoms with E-state index in [0.717, 1.165) is 17.0 Å². The quantitative estimate of drug-likeness (QED) is 0.481. The third-order valence-corrected chi connectivity index (χ3v) is 4.33. The van der Waals surface area contributed by atoms with E-state index in [1.807, 2.05) is 0 Å². The number of rotatable bonds is 4. The molecule has 0 saturated heterocycles. The lowest BCUT2D eigenvalue weighted by molar-refractivity contribution is -0.145. The number of aromatic nitrogens is 2. The van der Waals surface area contributed by atoms with E-state index in [9.17, 15) is 24.6 Å². The zero-order valence-corrected chi connectivity index (χ0v) is 15.6. The first-order valence-corrected chi connectivity index (χ1v) is 8.74. The fourth-order valence-corrected chi connectivity index (χ4v) is 2.91. The van der Waals surface area contributed by atoms with E-state index in [0.29, 0.717) is 21.5 Å². The van der Waals surface area contributed by atoms with Gasteiger partial charge in [0, 0.05) is 19.2 Å². The monoisotopic (exact) mass is 409 g/mol. The number of likely N-dealkylation sites (N-methyl/N-ethyl adjacent to an activating group) is 1. The Bertz CT molecular complexity index is 1290. The second kappa shape index (κ2) is 7.24. The van der Waals surface area contributed by atoms with Crippen LogP contribution in [0.3, 0.4) is 0 Å². The van der Waals surface area contributed by atoms with Gasteiger partial charge in [0.1, 0.15) is 23.3 Å². The Morgan fingerprint density at radius 1 is 1.10 bits per heavy atom. The first-order valence-electron chi connectivity index (χ1n) is 8.74. The topological polar surface area (TPSA) is 135 Å². The zero-order chi connectivity index (χ0) is 21.4. The zero-order valence-electron chi connectivity index (χ0n) is 15.6. The Kier molecular flexibility index (Phi) is 4.59. The van der Waals surface area contributed by atoms with Gasteiger partial charge in [0.25, 0.3) is 5.91 Å². The smallest absolute Gasteiger partial charge is 0.352 e. The summed E-state index contributed by atoms with van der Waals surface area (Å²) in [5.74, 6) is -2.72. The van der Waals surface area contributed by atoms with Crippen LogP contribution in [0.2, 0.25) is 0 Å². The second-order valence-corrected chi connectivity index (χ2v) is 6.44. The summed E-state index contributed by atoms with van der Waals surface area (Å²) >= 11 is 0. The summed E-state index contributed by atoms with van der Waals surface area (Å²) in [7, 11) is 1.30. The lowest BCUT2D eigenvalue weighted by atomic mass is 10.1. The van der Waals surface area contributed by atoms with Gasteiger partial charge >= 0.3 is 5.97 Å². The van der Waals surface area contributed by atoms with E-state index in [-0.39, 0.29) is 11.3 Å². The first-order chi connectivity index (χ1) is 14.3. The molecule has 4 rings (SSSR count). The van der Waals surface area contributed by atoms with Gasteiger partial charge in [0.05, 0.1) is 0 Å². The number of hydrogen-bond acceptors (Lipinski definition) is 8. The molecule has 0 fully saturated rings. The SMILES string of the molecule is CN(CC(=O)On1c(O)ccc1O)C(=O)c1c2oc3ccccc3nc-2ccc1=O. The van der Waals surface area contributed by atoms with E-state index in [2.05, 4.69) is 4.98 Å². The van der Waals surface area contributed by atoms with Crippen molar-refractivity contribution in [2.75, 3.05) is 13.6 Å². The molecule has 152 valence electrons. The van der Waals surface area contributed by atoms with E-state index in [1.54, 1.807) is 24.3 Å². The van der Waals surface area contributed by atoms with Gasteiger partial charge in [-0.3, -0.25) is 9.59 Å². The maximum Gasteiger partial charge on any atom is 0.352 e. The molecule has 1 aromatic carbocycles. The van der Waals surface area contributed by atoms with Crippen molar-refractivity contribution in [2.24, 2.45) is 0 Å². The Balaban J connectivity index is 1.63. The maximum atomic E-state index is 12.9. The predicted octanol–water partition coefficient (Wildman–Crippen LogP) is 1.23. The molecule has 1 aromatic heterocycles. The number of fused-ring (bicyclic) bond motifs is 2. The molecule has 30 heavy (non-hydrogen) atoms. The minimum absolute atomic E-state index is 0.00659. The molecule has 10 heteroatoms. The lowest BCUT2D eigenvalue weighted by Gasteiger charge is -2.18. The van der Waals surface area contributed by atoms with E-state index >= 15 is 0 Å². The van der Waals surface area contributed by atoms with Crippen molar-refractivity contribution in [3.05, 3.63) is 64.3 Å². The highest BCUT2D eigenvalue weighted by atomic mass is 16.7. The summed E-state index contributed by atoms with van der Waals surface area (Å²) in [6, 6.07) is 11.8. The van der Waals surface area contributed by atoms with Crippen LogP contribution >= 0.6 is 0 Å². The van der Waals surface area contributed by atoms with Gasteiger partial charge in [0.15, 0.2) is 16.8 Å². The second-order valence-electron chi connectivity index (χ2n) is 6.44. The van der Waals surface area contributed by atoms with Gasteiger partial charge in [-0.25, -0.2) is 9.78 Å². The minimum Gasteiger partial charge on any atom is -0.492 e.